The van der Waals surface area contributed by atoms with Crippen molar-refractivity contribution in [1.82, 2.24) is 4.98 Å². The van der Waals surface area contributed by atoms with Crippen LogP contribution in [0, 0.1) is 6.92 Å². The number of pyridine rings is 1. The van der Waals surface area contributed by atoms with E-state index in [1.54, 1.807) is 6.20 Å². The number of halogens is 1. The van der Waals surface area contributed by atoms with Crippen molar-refractivity contribution in [3.63, 3.8) is 0 Å². The molecule has 0 aliphatic heterocycles. The molecular weight excluding hydrogens is 254 g/mol. The van der Waals surface area contributed by atoms with E-state index in [0.717, 1.165) is 9.87 Å². The topological polar surface area (TPSA) is 59.2 Å². The number of rotatable bonds is 1. The van der Waals surface area contributed by atoms with Crippen molar-refractivity contribution in [3.05, 3.63) is 22.3 Å². The lowest BCUT2D eigenvalue weighted by atomic mass is 10.3. The molecule has 2 N–H and O–H groups in total. The lowest BCUT2D eigenvalue weighted by Crippen LogP contribution is -2.28. The van der Waals surface area contributed by atoms with E-state index in [4.69, 9.17) is 5.73 Å². The SMILES string of the molecule is Cc1cnc(N(S)C(N)=O)c(Br)c1. The molecule has 1 rings (SSSR count). The zero-order valence-corrected chi connectivity index (χ0v) is 9.34. The minimum Gasteiger partial charge on any atom is -0.350 e. The standard InChI is InChI=1S/C7H8BrN3OS/c1-4-2-5(8)6(10-3-4)11(13)7(9)12/h2-3,13H,1H3,(H2,9,12). The Morgan fingerprint density at radius 1 is 1.77 bits per heavy atom. The zero-order chi connectivity index (χ0) is 10.0. The first-order valence-electron chi connectivity index (χ1n) is 3.43. The Labute approximate surface area is 89.8 Å². The first-order valence-corrected chi connectivity index (χ1v) is 4.62. The predicted octanol–water partition coefficient (Wildman–Crippen LogP) is 1.88. The molecule has 70 valence electrons. The molecule has 0 unspecified atom stereocenters. The van der Waals surface area contributed by atoms with E-state index in [9.17, 15) is 4.79 Å². The van der Waals surface area contributed by atoms with Crippen molar-refractivity contribution >= 4 is 40.6 Å². The van der Waals surface area contributed by atoms with Crippen LogP contribution in [0.4, 0.5) is 10.6 Å². The number of nitrogens with zero attached hydrogens (tertiary/aromatic N) is 2. The van der Waals surface area contributed by atoms with Gasteiger partial charge in [0.2, 0.25) is 0 Å². The molecule has 0 bridgehead atoms. The highest BCUT2D eigenvalue weighted by molar-refractivity contribution is 9.10. The molecule has 13 heavy (non-hydrogen) atoms. The van der Waals surface area contributed by atoms with Gasteiger partial charge in [-0.3, -0.25) is 0 Å². The number of aromatic nitrogens is 1. The molecule has 0 aromatic carbocycles. The molecule has 1 heterocycles. The van der Waals surface area contributed by atoms with Crippen LogP contribution in [-0.2, 0) is 0 Å². The number of carbonyl (C=O) groups is 1. The maximum atomic E-state index is 10.7. The van der Waals surface area contributed by atoms with Gasteiger partial charge in [-0.2, -0.15) is 0 Å². The maximum Gasteiger partial charge on any atom is 0.330 e. The van der Waals surface area contributed by atoms with E-state index in [1.165, 1.54) is 0 Å². The number of hydrogen-bond donors (Lipinski definition) is 2. The van der Waals surface area contributed by atoms with Gasteiger partial charge in [0.1, 0.15) is 0 Å². The summed E-state index contributed by atoms with van der Waals surface area (Å²) < 4.78 is 1.66. The summed E-state index contributed by atoms with van der Waals surface area (Å²) in [7, 11) is 0. The van der Waals surface area contributed by atoms with Gasteiger partial charge in [0.15, 0.2) is 5.82 Å². The van der Waals surface area contributed by atoms with Crippen molar-refractivity contribution in [2.24, 2.45) is 5.73 Å². The largest absolute Gasteiger partial charge is 0.350 e. The van der Waals surface area contributed by atoms with Gasteiger partial charge >= 0.3 is 6.03 Å². The molecule has 0 saturated carbocycles. The number of carbonyl (C=O) groups excluding carboxylic acids is 1. The number of thiol groups is 1. The molecule has 0 spiro atoms. The minimum absolute atomic E-state index is 0.390. The van der Waals surface area contributed by atoms with Crippen molar-refractivity contribution in [3.8, 4) is 0 Å². The highest BCUT2D eigenvalue weighted by atomic mass is 79.9. The van der Waals surface area contributed by atoms with E-state index in [1.807, 2.05) is 13.0 Å². The van der Waals surface area contributed by atoms with E-state index < -0.39 is 6.03 Å². The highest BCUT2D eigenvalue weighted by Crippen LogP contribution is 2.25. The summed E-state index contributed by atoms with van der Waals surface area (Å²) in [6, 6.07) is 1.16. The summed E-state index contributed by atoms with van der Waals surface area (Å²) in [5.41, 5.74) is 6.01. The molecule has 0 aliphatic rings. The summed E-state index contributed by atoms with van der Waals surface area (Å²) in [5.74, 6) is 0.390. The lowest BCUT2D eigenvalue weighted by Gasteiger charge is -2.12. The summed E-state index contributed by atoms with van der Waals surface area (Å²) in [4.78, 5) is 14.7. The van der Waals surface area contributed by atoms with Gasteiger partial charge in [-0.05, 0) is 34.5 Å². The van der Waals surface area contributed by atoms with Crippen LogP contribution in [0.2, 0.25) is 0 Å². The van der Waals surface area contributed by atoms with Gasteiger partial charge in [-0.25, -0.2) is 14.1 Å². The van der Waals surface area contributed by atoms with Gasteiger partial charge < -0.3 is 5.73 Å². The lowest BCUT2D eigenvalue weighted by molar-refractivity contribution is 0.257. The first kappa shape index (κ1) is 10.3. The number of primary amides is 1. The minimum atomic E-state index is -0.666. The zero-order valence-electron chi connectivity index (χ0n) is 6.86. The summed E-state index contributed by atoms with van der Waals surface area (Å²) in [6.45, 7) is 1.90. The quantitative estimate of drug-likeness (QED) is 0.759. The Hall–Kier alpha value is -0.750. The Balaban J connectivity index is 3.08. The fourth-order valence-corrected chi connectivity index (χ4v) is 1.72. The monoisotopic (exact) mass is 261 g/mol. The molecule has 1 aromatic rings. The van der Waals surface area contributed by atoms with Crippen LogP contribution in [0.1, 0.15) is 5.56 Å². The molecule has 6 heteroatoms. The Kier molecular flexibility index (Phi) is 3.16. The van der Waals surface area contributed by atoms with Crippen molar-refractivity contribution in [1.29, 1.82) is 0 Å². The molecular formula is C7H8BrN3OS. The van der Waals surface area contributed by atoms with E-state index in [0.29, 0.717) is 10.3 Å². The molecule has 0 saturated heterocycles. The van der Waals surface area contributed by atoms with Gasteiger partial charge in [0, 0.05) is 6.20 Å². The average Bonchev–Trinajstić information content (AvgIpc) is 2.03. The average molecular weight is 262 g/mol. The van der Waals surface area contributed by atoms with Crippen LogP contribution in [0.15, 0.2) is 16.7 Å². The summed E-state index contributed by atoms with van der Waals surface area (Å²) in [5, 5.41) is 0. The number of nitrogens with two attached hydrogens (primary N) is 1. The first-order chi connectivity index (χ1) is 6.02. The third kappa shape index (κ3) is 2.35. The van der Waals surface area contributed by atoms with Gasteiger partial charge in [0.05, 0.1) is 4.47 Å². The molecule has 4 nitrogen and oxygen atoms in total. The number of amides is 2. The molecule has 1 aromatic heterocycles. The fraction of sp³-hybridized carbons (Fsp3) is 0.143. The molecule has 0 atom stereocenters. The van der Waals surface area contributed by atoms with Crippen LogP contribution < -0.4 is 10.0 Å². The van der Waals surface area contributed by atoms with Crippen LogP contribution in [-0.4, -0.2) is 11.0 Å². The second-order valence-corrected chi connectivity index (χ2v) is 3.72. The third-order valence-electron chi connectivity index (χ3n) is 1.37. The van der Waals surface area contributed by atoms with Crippen molar-refractivity contribution < 1.29 is 4.79 Å². The Morgan fingerprint density at radius 3 is 2.85 bits per heavy atom. The second-order valence-electron chi connectivity index (χ2n) is 2.47. The van der Waals surface area contributed by atoms with Gasteiger partial charge in [0.25, 0.3) is 0 Å². The van der Waals surface area contributed by atoms with Crippen molar-refractivity contribution in [2.75, 3.05) is 4.31 Å². The molecule has 2 amide bonds. The van der Waals surface area contributed by atoms with Crippen LogP contribution >= 0.6 is 28.7 Å². The van der Waals surface area contributed by atoms with Crippen molar-refractivity contribution in [2.45, 2.75) is 6.92 Å². The number of aryl methyl sites for hydroxylation is 1. The Bertz CT molecular complexity index is 345. The highest BCUT2D eigenvalue weighted by Gasteiger charge is 2.12. The van der Waals surface area contributed by atoms with Gasteiger partial charge in [-0.15, -0.1) is 0 Å². The van der Waals surface area contributed by atoms with E-state index in [-0.39, 0.29) is 0 Å². The second kappa shape index (κ2) is 3.97. The summed E-state index contributed by atoms with van der Waals surface area (Å²) >= 11 is 7.14. The Morgan fingerprint density at radius 2 is 2.38 bits per heavy atom. The van der Waals surface area contributed by atoms with E-state index >= 15 is 0 Å². The maximum absolute atomic E-state index is 10.7. The fourth-order valence-electron chi connectivity index (χ4n) is 0.787. The van der Waals surface area contributed by atoms with Crippen LogP contribution in [0.25, 0.3) is 0 Å². The smallest absolute Gasteiger partial charge is 0.330 e. The number of anilines is 1. The molecule has 0 aliphatic carbocycles. The van der Waals surface area contributed by atoms with Gasteiger partial charge in [-0.1, -0.05) is 12.8 Å². The predicted molar refractivity (Wildman–Crippen MR) is 57.7 cm³/mol. The number of hydrogen-bond acceptors (Lipinski definition) is 3. The summed E-state index contributed by atoms with van der Waals surface area (Å²) in [6.07, 6.45) is 1.63. The van der Waals surface area contributed by atoms with Crippen LogP contribution in [0.3, 0.4) is 0 Å². The van der Waals surface area contributed by atoms with Crippen LogP contribution in [0.5, 0.6) is 0 Å². The third-order valence-corrected chi connectivity index (χ3v) is 2.34. The number of urea groups is 1. The van der Waals surface area contributed by atoms with E-state index in [2.05, 4.69) is 33.7 Å². The molecule has 0 radical (unpaired) electrons. The molecule has 0 fully saturated rings. The normalized spacial score (nSPS) is 9.77.